The number of benzene rings is 10. The molecular weight excluding hydrogens is 761 g/mol. The van der Waals surface area contributed by atoms with Crippen molar-refractivity contribution in [3.8, 4) is 39.1 Å². The zero-order valence-electron chi connectivity index (χ0n) is 35.1. The Labute approximate surface area is 368 Å². The van der Waals surface area contributed by atoms with Crippen LogP contribution in [0.15, 0.2) is 237 Å². The lowest BCUT2D eigenvalue weighted by atomic mass is 9.95. The first-order chi connectivity index (χ1) is 31.1. The molecule has 0 spiro atoms. The highest BCUT2D eigenvalue weighted by atomic mass is 15.1. The molecule has 0 N–H and O–H groups in total. The number of para-hydroxylation sites is 1. The second-order valence-electron chi connectivity index (χ2n) is 16.2. The van der Waals surface area contributed by atoms with Crippen molar-refractivity contribution in [3.05, 3.63) is 248 Å². The largest absolute Gasteiger partial charge is 0.310 e. The molecule has 10 aromatic carbocycles. The van der Waals surface area contributed by atoms with Crippen molar-refractivity contribution >= 4 is 66.5 Å². The highest BCUT2D eigenvalue weighted by molar-refractivity contribution is 6.19. The van der Waals surface area contributed by atoms with Gasteiger partial charge in [0.2, 0.25) is 0 Å². The van der Waals surface area contributed by atoms with E-state index in [2.05, 4.69) is 247 Å². The lowest BCUT2D eigenvalue weighted by Gasteiger charge is -2.26. The molecule has 0 unspecified atom stereocenters. The van der Waals surface area contributed by atoms with Crippen molar-refractivity contribution in [2.45, 2.75) is 6.92 Å². The lowest BCUT2D eigenvalue weighted by Crippen LogP contribution is -2.10. The highest BCUT2D eigenvalue weighted by Gasteiger charge is 2.21. The van der Waals surface area contributed by atoms with E-state index in [9.17, 15) is 0 Å². The van der Waals surface area contributed by atoms with Crippen molar-refractivity contribution < 1.29 is 0 Å². The van der Waals surface area contributed by atoms with E-state index < -0.39 is 0 Å². The number of hydrogen-bond acceptors (Lipinski definition) is 1. The van der Waals surface area contributed by atoms with Crippen molar-refractivity contribution in [1.82, 2.24) is 4.57 Å². The van der Waals surface area contributed by atoms with E-state index in [1.807, 2.05) is 12.2 Å². The van der Waals surface area contributed by atoms with Crippen LogP contribution in [0.1, 0.15) is 11.1 Å². The van der Waals surface area contributed by atoms with E-state index in [4.69, 9.17) is 0 Å². The molecule has 0 aliphatic heterocycles. The Balaban J connectivity index is 1.08. The van der Waals surface area contributed by atoms with Gasteiger partial charge in [-0.3, -0.25) is 0 Å². The van der Waals surface area contributed by atoms with E-state index >= 15 is 0 Å². The predicted octanol–water partition coefficient (Wildman–Crippen LogP) is 17.1. The average Bonchev–Trinajstić information content (AvgIpc) is 3.69. The van der Waals surface area contributed by atoms with Gasteiger partial charge in [0.15, 0.2) is 0 Å². The van der Waals surface area contributed by atoms with Gasteiger partial charge in [-0.25, -0.2) is 0 Å². The third-order valence-electron chi connectivity index (χ3n) is 12.5. The first kappa shape index (κ1) is 37.8. The fourth-order valence-electron chi connectivity index (χ4n) is 9.45. The van der Waals surface area contributed by atoms with Gasteiger partial charge in [0.25, 0.3) is 0 Å². The molecule has 63 heavy (non-hydrogen) atoms. The summed E-state index contributed by atoms with van der Waals surface area (Å²) in [5, 5.41) is 7.44. The van der Waals surface area contributed by atoms with Gasteiger partial charge in [0.1, 0.15) is 0 Å². The Morgan fingerprint density at radius 2 is 1.06 bits per heavy atom. The summed E-state index contributed by atoms with van der Waals surface area (Å²) in [5.41, 5.74) is 16.3. The van der Waals surface area contributed by atoms with Gasteiger partial charge >= 0.3 is 0 Å². The number of anilines is 3. The van der Waals surface area contributed by atoms with Crippen LogP contribution in [0.25, 0.3) is 88.5 Å². The van der Waals surface area contributed by atoms with Crippen LogP contribution in [0.4, 0.5) is 17.1 Å². The Morgan fingerprint density at radius 3 is 1.86 bits per heavy atom. The standard InChI is InChI=1S/C61H44N2/c1-3-4-23-54-42(2)28-39-59-60(54)61-57(26-14-27-58(61)63(59)50-20-6-5-7-21-50)49-19-12-22-53(41-49)62(51-35-31-44(32-36-51)48-30-29-43-15-8-9-17-47(43)40-48)52-37-33-46(34-38-52)56-25-13-18-45-16-10-11-24-55(45)56/h3-41H,1H2,2H3/b23-4-. The molecule has 1 heterocycles. The van der Waals surface area contributed by atoms with E-state index in [-0.39, 0.29) is 0 Å². The maximum absolute atomic E-state index is 4.01. The third-order valence-corrected chi connectivity index (χ3v) is 12.5. The average molecular weight is 805 g/mol. The fourth-order valence-corrected chi connectivity index (χ4v) is 9.45. The van der Waals surface area contributed by atoms with Crippen LogP contribution in [0.2, 0.25) is 0 Å². The molecule has 298 valence electrons. The number of aryl methyl sites for hydroxylation is 1. The number of hydrogen-bond donors (Lipinski definition) is 0. The Morgan fingerprint density at radius 1 is 0.429 bits per heavy atom. The second-order valence-corrected chi connectivity index (χ2v) is 16.2. The predicted molar refractivity (Wildman–Crippen MR) is 271 cm³/mol. The number of fused-ring (bicyclic) bond motifs is 5. The van der Waals surface area contributed by atoms with E-state index in [0.29, 0.717) is 0 Å². The molecular formula is C61H44N2. The van der Waals surface area contributed by atoms with Gasteiger partial charge in [-0.2, -0.15) is 0 Å². The van der Waals surface area contributed by atoms with Crippen molar-refractivity contribution in [2.75, 3.05) is 4.90 Å². The van der Waals surface area contributed by atoms with Gasteiger partial charge in [0, 0.05) is 33.5 Å². The van der Waals surface area contributed by atoms with Crippen LogP contribution in [-0.2, 0) is 0 Å². The molecule has 0 saturated carbocycles. The topological polar surface area (TPSA) is 8.17 Å². The Hall–Kier alpha value is -8.20. The third kappa shape index (κ3) is 6.79. The molecule has 2 nitrogen and oxygen atoms in total. The number of rotatable bonds is 9. The highest BCUT2D eigenvalue weighted by Crippen LogP contribution is 2.44. The quantitative estimate of drug-likeness (QED) is 0.132. The number of nitrogens with zero attached hydrogens (tertiary/aromatic N) is 2. The maximum atomic E-state index is 4.01. The minimum absolute atomic E-state index is 1.08. The molecule has 1 aromatic heterocycles. The Kier molecular flexibility index (Phi) is 9.60. The van der Waals surface area contributed by atoms with E-state index in [1.54, 1.807) is 0 Å². The molecule has 0 atom stereocenters. The number of aromatic nitrogens is 1. The molecule has 2 heteroatoms. The first-order valence-electron chi connectivity index (χ1n) is 21.6. The molecule has 0 amide bonds. The molecule has 0 fully saturated rings. The molecule has 0 radical (unpaired) electrons. The monoisotopic (exact) mass is 804 g/mol. The molecule has 11 aromatic rings. The van der Waals surface area contributed by atoms with Crippen LogP contribution >= 0.6 is 0 Å². The fraction of sp³-hybridized carbons (Fsp3) is 0.0164. The SMILES string of the molecule is C=C/C=C\c1c(C)ccc2c1c1c(-c3cccc(N(c4ccc(-c5ccc6ccccc6c5)cc4)c4ccc(-c5cccc6ccccc56)cc4)c3)cccc1n2-c1ccccc1. The van der Waals surface area contributed by atoms with Crippen LogP contribution in [0.5, 0.6) is 0 Å². The summed E-state index contributed by atoms with van der Waals surface area (Å²) >= 11 is 0. The summed E-state index contributed by atoms with van der Waals surface area (Å²) in [4.78, 5) is 2.39. The summed E-state index contributed by atoms with van der Waals surface area (Å²) in [6.45, 7) is 6.21. The minimum Gasteiger partial charge on any atom is -0.310 e. The van der Waals surface area contributed by atoms with Gasteiger partial charge in [-0.1, -0.05) is 176 Å². The minimum atomic E-state index is 1.08. The molecule has 0 saturated heterocycles. The van der Waals surface area contributed by atoms with Crippen LogP contribution in [0, 0.1) is 6.92 Å². The number of allylic oxidation sites excluding steroid dienone is 2. The zero-order valence-corrected chi connectivity index (χ0v) is 35.1. The van der Waals surface area contributed by atoms with Crippen LogP contribution < -0.4 is 4.90 Å². The van der Waals surface area contributed by atoms with Gasteiger partial charge in [-0.05, 0) is 140 Å². The summed E-state index contributed by atoms with van der Waals surface area (Å²) in [6.07, 6.45) is 6.11. The summed E-state index contributed by atoms with van der Waals surface area (Å²) < 4.78 is 2.41. The van der Waals surface area contributed by atoms with Gasteiger partial charge < -0.3 is 9.47 Å². The van der Waals surface area contributed by atoms with Crippen molar-refractivity contribution in [2.24, 2.45) is 0 Å². The molecule has 0 aliphatic carbocycles. The normalized spacial score (nSPS) is 11.6. The summed E-state index contributed by atoms with van der Waals surface area (Å²) in [5.74, 6) is 0. The van der Waals surface area contributed by atoms with Crippen LogP contribution in [-0.4, -0.2) is 4.57 Å². The second kappa shape index (κ2) is 16.0. The van der Waals surface area contributed by atoms with E-state index in [0.717, 1.165) is 28.3 Å². The first-order valence-corrected chi connectivity index (χ1v) is 21.6. The molecule has 0 aliphatic rings. The van der Waals surface area contributed by atoms with Crippen LogP contribution in [0.3, 0.4) is 0 Å². The molecule has 0 bridgehead atoms. The summed E-state index contributed by atoms with van der Waals surface area (Å²) in [6, 6.07) is 79.5. The van der Waals surface area contributed by atoms with Crippen molar-refractivity contribution in [1.29, 1.82) is 0 Å². The maximum Gasteiger partial charge on any atom is 0.0547 e. The summed E-state index contributed by atoms with van der Waals surface area (Å²) in [7, 11) is 0. The molecule has 11 rings (SSSR count). The van der Waals surface area contributed by atoms with Gasteiger partial charge in [-0.15, -0.1) is 0 Å². The zero-order chi connectivity index (χ0) is 42.3. The van der Waals surface area contributed by atoms with E-state index in [1.165, 1.54) is 82.3 Å². The lowest BCUT2D eigenvalue weighted by molar-refractivity contribution is 1.18. The van der Waals surface area contributed by atoms with Crippen molar-refractivity contribution in [3.63, 3.8) is 0 Å². The van der Waals surface area contributed by atoms with Gasteiger partial charge in [0.05, 0.1) is 11.0 Å². The Bertz CT molecular complexity index is 3510. The smallest absolute Gasteiger partial charge is 0.0547 e.